The van der Waals surface area contributed by atoms with Gasteiger partial charge in [0.05, 0.1) is 24.0 Å². The molecule has 3 aliphatic heterocycles. The van der Waals surface area contributed by atoms with Crippen LogP contribution in [0.4, 0.5) is 16.2 Å². The van der Waals surface area contributed by atoms with Crippen LogP contribution in [0.1, 0.15) is 45.1 Å². The van der Waals surface area contributed by atoms with Crippen LogP contribution < -0.4 is 14.5 Å². The van der Waals surface area contributed by atoms with Gasteiger partial charge in [-0.3, -0.25) is 9.88 Å². The molecule has 1 spiro atoms. The van der Waals surface area contributed by atoms with Crippen molar-refractivity contribution < 1.29 is 14.3 Å². The Balaban J connectivity index is 1.15. The number of piperidine rings is 2. The first-order valence-electron chi connectivity index (χ1n) is 12.6. The van der Waals surface area contributed by atoms with E-state index >= 15 is 0 Å². The molecular formula is C27H33N5O3. The predicted molar refractivity (Wildman–Crippen MR) is 134 cm³/mol. The molecule has 0 N–H and O–H groups in total. The summed E-state index contributed by atoms with van der Waals surface area (Å²) in [6.07, 6.45) is 6.67. The summed E-state index contributed by atoms with van der Waals surface area (Å²) in [5.74, 6) is 0.929. The monoisotopic (exact) mass is 475 g/mol. The van der Waals surface area contributed by atoms with E-state index in [0.29, 0.717) is 23.8 Å². The van der Waals surface area contributed by atoms with Crippen molar-refractivity contribution in [2.45, 2.75) is 57.3 Å². The van der Waals surface area contributed by atoms with Crippen LogP contribution in [0.3, 0.4) is 0 Å². The van der Waals surface area contributed by atoms with Crippen LogP contribution in [0, 0.1) is 11.3 Å². The molecule has 1 aromatic carbocycles. The first-order chi connectivity index (χ1) is 16.9. The number of rotatable bonds is 5. The highest BCUT2D eigenvalue weighted by Gasteiger charge is 2.47. The van der Waals surface area contributed by atoms with E-state index in [1.807, 2.05) is 0 Å². The van der Waals surface area contributed by atoms with Crippen LogP contribution in [0.2, 0.25) is 0 Å². The molecule has 8 nitrogen and oxygen atoms in total. The summed E-state index contributed by atoms with van der Waals surface area (Å²) in [5.41, 5.74) is 1.71. The van der Waals surface area contributed by atoms with Crippen molar-refractivity contribution in [1.29, 1.82) is 5.26 Å². The lowest BCUT2D eigenvalue weighted by molar-refractivity contribution is 0.0367. The highest BCUT2D eigenvalue weighted by molar-refractivity contribution is 5.90. The smallest absolute Gasteiger partial charge is 0.415 e. The number of likely N-dealkylation sites (tertiary alicyclic amines) is 1. The maximum absolute atomic E-state index is 12.6. The Morgan fingerprint density at radius 3 is 2.46 bits per heavy atom. The third-order valence-corrected chi connectivity index (χ3v) is 7.52. The van der Waals surface area contributed by atoms with Crippen LogP contribution in [-0.2, 0) is 4.74 Å². The number of carbonyl (C=O) groups excluding carboxylic acids is 1. The number of hydrogen-bond donors (Lipinski definition) is 0. The Bertz CT molecular complexity index is 1080. The summed E-state index contributed by atoms with van der Waals surface area (Å²) in [7, 11) is 0. The molecule has 3 fully saturated rings. The van der Waals surface area contributed by atoms with Gasteiger partial charge < -0.3 is 19.3 Å². The Kier molecular flexibility index (Phi) is 6.52. The van der Waals surface area contributed by atoms with Gasteiger partial charge in [-0.15, -0.1) is 0 Å². The van der Waals surface area contributed by atoms with Crippen LogP contribution in [0.5, 0.6) is 5.75 Å². The Morgan fingerprint density at radius 1 is 1.09 bits per heavy atom. The fraction of sp³-hybridized carbons (Fsp3) is 0.519. The molecule has 1 amide bonds. The van der Waals surface area contributed by atoms with Gasteiger partial charge in [0, 0.05) is 56.9 Å². The molecule has 0 bridgehead atoms. The molecule has 35 heavy (non-hydrogen) atoms. The fourth-order valence-corrected chi connectivity index (χ4v) is 5.33. The lowest BCUT2D eigenvalue weighted by atomic mass is 9.91. The number of benzene rings is 1. The summed E-state index contributed by atoms with van der Waals surface area (Å²) in [4.78, 5) is 23.1. The van der Waals surface area contributed by atoms with Gasteiger partial charge >= 0.3 is 6.09 Å². The number of ether oxygens (including phenoxy) is 2. The van der Waals surface area contributed by atoms with Crippen molar-refractivity contribution in [2.24, 2.45) is 0 Å². The predicted octanol–water partition coefficient (Wildman–Crippen LogP) is 4.20. The number of carbonyl (C=O) groups is 1. The van der Waals surface area contributed by atoms with E-state index in [1.54, 1.807) is 17.2 Å². The number of aromatic nitrogens is 1. The minimum Gasteiger partial charge on any atom is -0.490 e. The van der Waals surface area contributed by atoms with Crippen LogP contribution >= 0.6 is 0 Å². The number of amides is 1. The van der Waals surface area contributed by atoms with Crippen molar-refractivity contribution in [3.05, 3.63) is 48.3 Å². The summed E-state index contributed by atoms with van der Waals surface area (Å²) < 4.78 is 12.1. The highest BCUT2D eigenvalue weighted by atomic mass is 16.6. The highest BCUT2D eigenvalue weighted by Crippen LogP contribution is 2.37. The fourth-order valence-electron chi connectivity index (χ4n) is 5.33. The second-order valence-corrected chi connectivity index (χ2v) is 10.1. The van der Waals surface area contributed by atoms with E-state index in [2.05, 4.69) is 59.0 Å². The number of nitrogens with zero attached hydrogens (tertiary/aromatic N) is 5. The summed E-state index contributed by atoms with van der Waals surface area (Å²) in [6, 6.07) is 12.7. The molecule has 0 saturated carbocycles. The summed E-state index contributed by atoms with van der Waals surface area (Å²) >= 11 is 0. The average Bonchev–Trinajstić information content (AvgIpc) is 3.20. The standard InChI is InChI=1S/C27H33N5O3/c1-20(2)30-11-7-25(8-12-30)34-24-5-3-22(4-6-24)31-13-9-27(10-14-31)19-32(26(33)35-27)23-15-21(16-28)17-29-18-23/h3-6,15,17-18,20,25H,7-14,19H2,1-2H3. The largest absolute Gasteiger partial charge is 0.490 e. The molecule has 3 aliphatic rings. The van der Waals surface area contributed by atoms with Gasteiger partial charge in [-0.05, 0) is 57.0 Å². The van der Waals surface area contributed by atoms with Gasteiger partial charge in [-0.25, -0.2) is 4.79 Å². The normalized spacial score (nSPS) is 20.8. The van der Waals surface area contributed by atoms with Crippen molar-refractivity contribution >= 4 is 17.5 Å². The second-order valence-electron chi connectivity index (χ2n) is 10.1. The third kappa shape index (κ3) is 5.06. The molecule has 5 rings (SSSR count). The van der Waals surface area contributed by atoms with Gasteiger partial charge in [0.2, 0.25) is 0 Å². The molecular weight excluding hydrogens is 442 g/mol. The summed E-state index contributed by atoms with van der Waals surface area (Å²) in [6.45, 7) is 8.80. The molecule has 1 aromatic heterocycles. The molecule has 8 heteroatoms. The van der Waals surface area contributed by atoms with Crippen LogP contribution in [-0.4, -0.2) is 66.4 Å². The van der Waals surface area contributed by atoms with Gasteiger partial charge in [0.15, 0.2) is 0 Å². The molecule has 0 aliphatic carbocycles. The number of pyridine rings is 1. The number of hydrogen-bond acceptors (Lipinski definition) is 7. The molecule has 0 atom stereocenters. The van der Waals surface area contributed by atoms with E-state index in [1.165, 1.54) is 6.20 Å². The molecule has 0 radical (unpaired) electrons. The number of anilines is 2. The Labute approximate surface area is 207 Å². The van der Waals surface area contributed by atoms with Crippen molar-refractivity contribution in [1.82, 2.24) is 9.88 Å². The second kappa shape index (κ2) is 9.74. The lowest BCUT2D eigenvalue weighted by Crippen LogP contribution is -2.47. The van der Waals surface area contributed by atoms with E-state index in [0.717, 1.165) is 63.3 Å². The molecule has 184 valence electrons. The molecule has 4 heterocycles. The lowest BCUT2D eigenvalue weighted by Gasteiger charge is -2.38. The van der Waals surface area contributed by atoms with Crippen LogP contribution in [0.25, 0.3) is 0 Å². The zero-order chi connectivity index (χ0) is 24.4. The van der Waals surface area contributed by atoms with Gasteiger partial charge in [-0.1, -0.05) is 0 Å². The topological polar surface area (TPSA) is 81.9 Å². The molecule has 0 unspecified atom stereocenters. The minimum absolute atomic E-state index is 0.287. The van der Waals surface area contributed by atoms with Gasteiger partial charge in [0.25, 0.3) is 0 Å². The SMILES string of the molecule is CC(C)N1CCC(Oc2ccc(N3CCC4(CC3)CN(c3cncc(C#N)c3)C(=O)O4)cc2)CC1. The third-order valence-electron chi connectivity index (χ3n) is 7.52. The van der Waals surface area contributed by atoms with E-state index in [4.69, 9.17) is 14.7 Å². The minimum atomic E-state index is -0.496. The molecule has 3 saturated heterocycles. The van der Waals surface area contributed by atoms with Crippen molar-refractivity contribution in [3.8, 4) is 11.8 Å². The maximum atomic E-state index is 12.6. The quantitative estimate of drug-likeness (QED) is 0.641. The summed E-state index contributed by atoms with van der Waals surface area (Å²) in [5, 5.41) is 9.14. The Morgan fingerprint density at radius 2 is 1.80 bits per heavy atom. The van der Waals surface area contributed by atoms with E-state index in [9.17, 15) is 4.79 Å². The zero-order valence-corrected chi connectivity index (χ0v) is 20.5. The van der Waals surface area contributed by atoms with E-state index in [-0.39, 0.29) is 12.2 Å². The van der Waals surface area contributed by atoms with Crippen molar-refractivity contribution in [3.63, 3.8) is 0 Å². The van der Waals surface area contributed by atoms with Gasteiger partial charge in [0.1, 0.15) is 23.5 Å². The van der Waals surface area contributed by atoms with Crippen molar-refractivity contribution in [2.75, 3.05) is 42.5 Å². The van der Waals surface area contributed by atoms with Gasteiger partial charge in [-0.2, -0.15) is 5.26 Å². The zero-order valence-electron chi connectivity index (χ0n) is 20.5. The first kappa shape index (κ1) is 23.4. The number of nitriles is 1. The Hall–Kier alpha value is -3.31. The average molecular weight is 476 g/mol. The first-order valence-corrected chi connectivity index (χ1v) is 12.6. The maximum Gasteiger partial charge on any atom is 0.415 e. The van der Waals surface area contributed by atoms with Crippen LogP contribution in [0.15, 0.2) is 42.7 Å². The molecule has 2 aromatic rings. The van der Waals surface area contributed by atoms with E-state index < -0.39 is 5.60 Å².